The average molecular weight is 332 g/mol. The Bertz CT molecular complexity index is 509. The van der Waals surface area contributed by atoms with Crippen LogP contribution in [0.2, 0.25) is 0 Å². The van der Waals surface area contributed by atoms with Crippen molar-refractivity contribution >= 4 is 18.3 Å². The summed E-state index contributed by atoms with van der Waals surface area (Å²) in [5, 5.41) is 3.32. The Kier molecular flexibility index (Phi) is 5.72. The van der Waals surface area contributed by atoms with Gasteiger partial charge in [-0.3, -0.25) is 9.69 Å². The summed E-state index contributed by atoms with van der Waals surface area (Å²) in [5.41, 5.74) is -0.437. The highest BCUT2D eigenvalue weighted by molar-refractivity contribution is 5.94. The molecule has 4 nitrogen and oxygen atoms in total. The summed E-state index contributed by atoms with van der Waals surface area (Å²) in [6.45, 7) is 4.56. The maximum atomic E-state index is 13.7. The van der Waals surface area contributed by atoms with Gasteiger partial charge in [-0.1, -0.05) is 6.07 Å². The number of hydrogen-bond acceptors (Lipinski definition) is 3. The van der Waals surface area contributed by atoms with Crippen molar-refractivity contribution in [2.45, 2.75) is 12.5 Å². The molecule has 122 valence electrons. The number of rotatable bonds is 2. The standard InChI is InChI=1S/C15H19F2N3O.ClH/c16-12-2-1-3-13(17)14(12)15(21)20-8-6-19(7-9-20)11-4-5-18-10-11;/h1-3,11,18H,4-10H2;1H. The van der Waals surface area contributed by atoms with Gasteiger partial charge in [0.1, 0.15) is 17.2 Å². The average Bonchev–Trinajstić information content (AvgIpc) is 3.01. The molecule has 0 aliphatic carbocycles. The van der Waals surface area contributed by atoms with Crippen LogP contribution >= 0.6 is 12.4 Å². The second kappa shape index (κ2) is 7.35. The van der Waals surface area contributed by atoms with E-state index in [1.807, 2.05) is 0 Å². The minimum atomic E-state index is -0.789. The fourth-order valence-electron chi connectivity index (χ4n) is 3.10. The minimum absolute atomic E-state index is 0. The molecule has 22 heavy (non-hydrogen) atoms. The highest BCUT2D eigenvalue weighted by Gasteiger charge is 2.30. The second-order valence-corrected chi connectivity index (χ2v) is 5.57. The van der Waals surface area contributed by atoms with E-state index in [-0.39, 0.29) is 12.4 Å². The van der Waals surface area contributed by atoms with Crippen LogP contribution in [0.25, 0.3) is 0 Å². The normalized spacial score (nSPS) is 22.5. The number of benzene rings is 1. The van der Waals surface area contributed by atoms with Crippen molar-refractivity contribution in [3.63, 3.8) is 0 Å². The third kappa shape index (κ3) is 3.39. The van der Waals surface area contributed by atoms with Crippen LogP contribution in [0.4, 0.5) is 8.78 Å². The van der Waals surface area contributed by atoms with E-state index < -0.39 is 23.1 Å². The second-order valence-electron chi connectivity index (χ2n) is 5.57. The summed E-state index contributed by atoms with van der Waals surface area (Å²) in [7, 11) is 0. The molecule has 1 atom stereocenters. The van der Waals surface area contributed by atoms with E-state index in [4.69, 9.17) is 0 Å². The van der Waals surface area contributed by atoms with E-state index in [2.05, 4.69) is 10.2 Å². The molecule has 0 radical (unpaired) electrons. The first kappa shape index (κ1) is 17.1. The molecule has 1 amide bonds. The lowest BCUT2D eigenvalue weighted by Gasteiger charge is -2.37. The molecule has 3 rings (SSSR count). The Morgan fingerprint density at radius 1 is 1.14 bits per heavy atom. The molecule has 0 saturated carbocycles. The molecule has 1 aromatic rings. The zero-order chi connectivity index (χ0) is 14.8. The predicted molar refractivity (Wildman–Crippen MR) is 82.4 cm³/mol. The maximum absolute atomic E-state index is 13.7. The number of amides is 1. The van der Waals surface area contributed by atoms with Crippen LogP contribution in [0, 0.1) is 11.6 Å². The Morgan fingerprint density at radius 3 is 2.32 bits per heavy atom. The molecule has 2 aliphatic rings. The van der Waals surface area contributed by atoms with Gasteiger partial charge in [-0.05, 0) is 25.1 Å². The summed E-state index contributed by atoms with van der Waals surface area (Å²) < 4.78 is 27.3. The van der Waals surface area contributed by atoms with Crippen molar-refractivity contribution in [3.8, 4) is 0 Å². The molecule has 2 aliphatic heterocycles. The van der Waals surface area contributed by atoms with Gasteiger partial charge in [0, 0.05) is 38.8 Å². The first-order valence-corrected chi connectivity index (χ1v) is 7.35. The molecule has 2 saturated heterocycles. The minimum Gasteiger partial charge on any atom is -0.336 e. The van der Waals surface area contributed by atoms with Crippen LogP contribution in [0.15, 0.2) is 18.2 Å². The van der Waals surface area contributed by atoms with Gasteiger partial charge in [0.15, 0.2) is 0 Å². The quantitative estimate of drug-likeness (QED) is 0.892. The molecule has 7 heteroatoms. The Hall–Kier alpha value is -1.24. The summed E-state index contributed by atoms with van der Waals surface area (Å²) >= 11 is 0. The summed E-state index contributed by atoms with van der Waals surface area (Å²) in [4.78, 5) is 16.2. The van der Waals surface area contributed by atoms with E-state index in [0.717, 1.165) is 44.7 Å². The molecule has 2 heterocycles. The number of hydrogen-bond donors (Lipinski definition) is 1. The fourth-order valence-corrected chi connectivity index (χ4v) is 3.10. The van der Waals surface area contributed by atoms with Crippen molar-refractivity contribution in [3.05, 3.63) is 35.4 Å². The van der Waals surface area contributed by atoms with Crippen LogP contribution in [-0.2, 0) is 0 Å². The molecular formula is C15H20ClF2N3O. The van der Waals surface area contributed by atoms with Crippen molar-refractivity contribution < 1.29 is 13.6 Å². The number of piperazine rings is 1. The van der Waals surface area contributed by atoms with E-state index in [1.165, 1.54) is 6.07 Å². The lowest BCUT2D eigenvalue weighted by Crippen LogP contribution is -2.52. The Morgan fingerprint density at radius 2 is 1.77 bits per heavy atom. The van der Waals surface area contributed by atoms with Gasteiger partial charge in [0.25, 0.3) is 5.91 Å². The number of halogens is 3. The van der Waals surface area contributed by atoms with E-state index in [9.17, 15) is 13.6 Å². The predicted octanol–water partition coefficient (Wildman–Crippen LogP) is 1.51. The SMILES string of the molecule is Cl.O=C(c1c(F)cccc1F)N1CCN(C2CCNC2)CC1. The van der Waals surface area contributed by atoms with Crippen LogP contribution in [0.3, 0.4) is 0 Å². The topological polar surface area (TPSA) is 35.6 Å². The Balaban J connectivity index is 0.00000176. The number of nitrogens with zero attached hydrogens (tertiary/aromatic N) is 2. The van der Waals surface area contributed by atoms with Crippen LogP contribution in [-0.4, -0.2) is 61.0 Å². The molecule has 0 aromatic heterocycles. The first-order valence-electron chi connectivity index (χ1n) is 7.35. The lowest BCUT2D eigenvalue weighted by atomic mass is 10.1. The highest BCUT2D eigenvalue weighted by Crippen LogP contribution is 2.17. The van der Waals surface area contributed by atoms with Crippen molar-refractivity contribution in [1.82, 2.24) is 15.1 Å². The largest absolute Gasteiger partial charge is 0.336 e. The van der Waals surface area contributed by atoms with Gasteiger partial charge >= 0.3 is 0 Å². The van der Waals surface area contributed by atoms with Crippen molar-refractivity contribution in [1.29, 1.82) is 0 Å². The summed E-state index contributed by atoms with van der Waals surface area (Å²) in [6.07, 6.45) is 1.12. The van der Waals surface area contributed by atoms with Crippen LogP contribution in [0.5, 0.6) is 0 Å². The van der Waals surface area contributed by atoms with Crippen LogP contribution < -0.4 is 5.32 Å². The van der Waals surface area contributed by atoms with Gasteiger partial charge in [-0.25, -0.2) is 8.78 Å². The first-order chi connectivity index (χ1) is 10.2. The molecule has 1 N–H and O–H groups in total. The van der Waals surface area contributed by atoms with Gasteiger partial charge < -0.3 is 10.2 Å². The lowest BCUT2D eigenvalue weighted by molar-refractivity contribution is 0.0575. The van der Waals surface area contributed by atoms with Crippen molar-refractivity contribution in [2.24, 2.45) is 0 Å². The zero-order valence-electron chi connectivity index (χ0n) is 12.2. The molecule has 1 aromatic carbocycles. The summed E-state index contributed by atoms with van der Waals surface area (Å²) in [5.74, 6) is -2.13. The van der Waals surface area contributed by atoms with E-state index >= 15 is 0 Å². The Labute approximate surface area is 134 Å². The third-order valence-electron chi connectivity index (χ3n) is 4.33. The molecule has 0 spiro atoms. The number of carbonyl (C=O) groups is 1. The third-order valence-corrected chi connectivity index (χ3v) is 4.33. The monoisotopic (exact) mass is 331 g/mol. The van der Waals surface area contributed by atoms with Gasteiger partial charge in [0.05, 0.1) is 0 Å². The molecular weight excluding hydrogens is 312 g/mol. The molecule has 1 unspecified atom stereocenters. The molecule has 2 fully saturated rings. The maximum Gasteiger partial charge on any atom is 0.259 e. The highest BCUT2D eigenvalue weighted by atomic mass is 35.5. The number of carbonyl (C=O) groups excluding carboxylic acids is 1. The fraction of sp³-hybridized carbons (Fsp3) is 0.533. The van der Waals surface area contributed by atoms with Crippen molar-refractivity contribution in [2.75, 3.05) is 39.3 Å². The zero-order valence-corrected chi connectivity index (χ0v) is 13.0. The van der Waals surface area contributed by atoms with E-state index in [0.29, 0.717) is 19.1 Å². The number of nitrogens with one attached hydrogen (secondary N) is 1. The van der Waals surface area contributed by atoms with Gasteiger partial charge in [-0.15, -0.1) is 12.4 Å². The van der Waals surface area contributed by atoms with E-state index in [1.54, 1.807) is 4.90 Å². The van der Waals surface area contributed by atoms with Gasteiger partial charge in [-0.2, -0.15) is 0 Å². The smallest absolute Gasteiger partial charge is 0.259 e. The van der Waals surface area contributed by atoms with Gasteiger partial charge in [0.2, 0.25) is 0 Å². The summed E-state index contributed by atoms with van der Waals surface area (Å²) in [6, 6.07) is 4.03. The molecule has 0 bridgehead atoms. The van der Waals surface area contributed by atoms with Crippen LogP contribution in [0.1, 0.15) is 16.8 Å².